The van der Waals surface area contributed by atoms with Gasteiger partial charge in [0.2, 0.25) is 5.91 Å². The Morgan fingerprint density at radius 3 is 2.86 bits per heavy atom. The van der Waals surface area contributed by atoms with Crippen LogP contribution >= 0.6 is 0 Å². The number of aromatic nitrogens is 1. The molecule has 1 aromatic heterocycles. The van der Waals surface area contributed by atoms with Gasteiger partial charge in [0, 0.05) is 5.69 Å². The summed E-state index contributed by atoms with van der Waals surface area (Å²) in [6.45, 7) is 5.36. The molecule has 22 heavy (non-hydrogen) atoms. The molecule has 114 valence electrons. The van der Waals surface area contributed by atoms with Gasteiger partial charge in [-0.15, -0.1) is 0 Å². The van der Waals surface area contributed by atoms with E-state index in [1.165, 1.54) is 0 Å². The van der Waals surface area contributed by atoms with E-state index >= 15 is 0 Å². The summed E-state index contributed by atoms with van der Waals surface area (Å²) in [5.41, 5.74) is 3.81. The van der Waals surface area contributed by atoms with Crippen LogP contribution in [0.25, 0.3) is 0 Å². The molecule has 6 nitrogen and oxygen atoms in total. The van der Waals surface area contributed by atoms with Crippen molar-refractivity contribution in [3.63, 3.8) is 0 Å². The molecule has 2 N–H and O–H groups in total. The van der Waals surface area contributed by atoms with Crippen LogP contribution in [0.2, 0.25) is 0 Å². The summed E-state index contributed by atoms with van der Waals surface area (Å²) in [7, 11) is 0. The molecule has 0 saturated carbocycles. The molecule has 1 aromatic carbocycles. The predicted octanol–water partition coefficient (Wildman–Crippen LogP) is 2.28. The van der Waals surface area contributed by atoms with Crippen molar-refractivity contribution in [2.45, 2.75) is 33.2 Å². The number of hydrogen-bond donors (Lipinski definition) is 2. The number of nitrogens with zero attached hydrogens (tertiary/aromatic N) is 1. The highest BCUT2D eigenvalue weighted by molar-refractivity contribution is 5.99. The molecule has 0 fully saturated rings. The Hall–Kier alpha value is -2.63. The molecular formula is C16H17N3O3. The van der Waals surface area contributed by atoms with Crippen molar-refractivity contribution in [1.82, 2.24) is 10.5 Å². The topological polar surface area (TPSA) is 84.2 Å². The Kier molecular flexibility index (Phi) is 3.44. The molecule has 2 amide bonds. The van der Waals surface area contributed by atoms with Gasteiger partial charge in [-0.25, -0.2) is 0 Å². The second-order valence-electron chi connectivity index (χ2n) is 5.54. The minimum Gasteiger partial charge on any atom is -0.361 e. The van der Waals surface area contributed by atoms with E-state index < -0.39 is 0 Å². The number of aryl methyl sites for hydroxylation is 2. The number of carbonyl (C=O) groups excluding carboxylic acids is 2. The molecule has 3 rings (SSSR count). The van der Waals surface area contributed by atoms with Crippen LogP contribution in [0, 0.1) is 13.8 Å². The van der Waals surface area contributed by atoms with Gasteiger partial charge in [-0.05, 0) is 38.0 Å². The fourth-order valence-corrected chi connectivity index (χ4v) is 2.68. The highest BCUT2D eigenvalue weighted by Crippen LogP contribution is 2.26. The molecule has 0 spiro atoms. The van der Waals surface area contributed by atoms with Crippen molar-refractivity contribution in [1.29, 1.82) is 0 Å². The number of rotatable bonds is 3. The lowest BCUT2D eigenvalue weighted by Gasteiger charge is -2.15. The number of nitrogens with one attached hydrogen (secondary N) is 2. The zero-order valence-electron chi connectivity index (χ0n) is 12.7. The van der Waals surface area contributed by atoms with Crippen molar-refractivity contribution in [2.75, 3.05) is 5.32 Å². The SMILES string of the molecule is Cc1noc(C)c1C(=O)N[C@@H](C)c1ccc2c(c1)CC(=O)N2. The van der Waals surface area contributed by atoms with E-state index in [1.807, 2.05) is 25.1 Å². The molecule has 0 saturated heterocycles. The first kappa shape index (κ1) is 14.3. The van der Waals surface area contributed by atoms with Crippen LogP contribution in [0.15, 0.2) is 22.7 Å². The number of hydrogen-bond acceptors (Lipinski definition) is 4. The van der Waals surface area contributed by atoms with Gasteiger partial charge >= 0.3 is 0 Å². The fraction of sp³-hybridized carbons (Fsp3) is 0.312. The van der Waals surface area contributed by atoms with Crippen LogP contribution < -0.4 is 10.6 Å². The lowest BCUT2D eigenvalue weighted by Crippen LogP contribution is -2.27. The summed E-state index contributed by atoms with van der Waals surface area (Å²) in [4.78, 5) is 23.7. The molecule has 0 unspecified atom stereocenters. The van der Waals surface area contributed by atoms with E-state index in [0.29, 0.717) is 23.4 Å². The number of amides is 2. The van der Waals surface area contributed by atoms with Gasteiger partial charge in [-0.3, -0.25) is 9.59 Å². The molecule has 0 aliphatic carbocycles. The molecule has 1 atom stereocenters. The van der Waals surface area contributed by atoms with E-state index in [4.69, 9.17) is 4.52 Å². The summed E-state index contributed by atoms with van der Waals surface area (Å²) in [5, 5.41) is 9.52. The van der Waals surface area contributed by atoms with Gasteiger partial charge in [0.05, 0.1) is 18.2 Å². The maximum absolute atomic E-state index is 12.3. The first-order chi connectivity index (χ1) is 10.5. The Balaban J connectivity index is 1.78. The van der Waals surface area contributed by atoms with E-state index in [0.717, 1.165) is 16.8 Å². The predicted molar refractivity (Wildman–Crippen MR) is 80.6 cm³/mol. The van der Waals surface area contributed by atoms with Crippen molar-refractivity contribution in [3.8, 4) is 0 Å². The first-order valence-electron chi connectivity index (χ1n) is 7.12. The van der Waals surface area contributed by atoms with Crippen LogP contribution in [-0.2, 0) is 11.2 Å². The standard InChI is InChI=1S/C16H17N3O3/c1-8(17-16(21)15-9(2)19-22-10(15)3)11-4-5-13-12(6-11)7-14(20)18-13/h4-6,8H,7H2,1-3H3,(H,17,21)(H,18,20)/t8-/m0/s1. The monoisotopic (exact) mass is 299 g/mol. The zero-order valence-corrected chi connectivity index (χ0v) is 12.7. The van der Waals surface area contributed by atoms with Gasteiger partial charge in [0.25, 0.3) is 5.91 Å². The Morgan fingerprint density at radius 1 is 1.41 bits per heavy atom. The average Bonchev–Trinajstić information content (AvgIpc) is 2.99. The largest absolute Gasteiger partial charge is 0.361 e. The number of benzene rings is 1. The first-order valence-corrected chi connectivity index (χ1v) is 7.12. The fourth-order valence-electron chi connectivity index (χ4n) is 2.68. The lowest BCUT2D eigenvalue weighted by atomic mass is 10.0. The summed E-state index contributed by atoms with van der Waals surface area (Å²) >= 11 is 0. The normalized spacial score (nSPS) is 14.4. The third-order valence-electron chi connectivity index (χ3n) is 3.86. The molecule has 1 aliphatic heterocycles. The van der Waals surface area contributed by atoms with Gasteiger partial charge in [-0.2, -0.15) is 0 Å². The molecule has 2 aromatic rings. The Morgan fingerprint density at radius 2 is 2.18 bits per heavy atom. The van der Waals surface area contributed by atoms with Gasteiger partial charge in [0.1, 0.15) is 11.3 Å². The molecule has 6 heteroatoms. The van der Waals surface area contributed by atoms with Crippen molar-refractivity contribution >= 4 is 17.5 Å². The van der Waals surface area contributed by atoms with Crippen LogP contribution in [0.1, 0.15) is 45.9 Å². The average molecular weight is 299 g/mol. The van der Waals surface area contributed by atoms with Gasteiger partial charge < -0.3 is 15.2 Å². The number of fused-ring (bicyclic) bond motifs is 1. The van der Waals surface area contributed by atoms with E-state index in [9.17, 15) is 9.59 Å². The third kappa shape index (κ3) is 2.47. The van der Waals surface area contributed by atoms with Gasteiger partial charge in [0.15, 0.2) is 0 Å². The second-order valence-corrected chi connectivity index (χ2v) is 5.54. The van der Waals surface area contributed by atoms with Crippen LogP contribution in [-0.4, -0.2) is 17.0 Å². The van der Waals surface area contributed by atoms with E-state index in [1.54, 1.807) is 13.8 Å². The summed E-state index contributed by atoms with van der Waals surface area (Å²) in [6.07, 6.45) is 0.383. The molecular weight excluding hydrogens is 282 g/mol. The maximum Gasteiger partial charge on any atom is 0.257 e. The van der Waals surface area contributed by atoms with Crippen LogP contribution in [0.5, 0.6) is 0 Å². The van der Waals surface area contributed by atoms with E-state index in [2.05, 4.69) is 15.8 Å². The minimum absolute atomic E-state index is 0.000408. The highest BCUT2D eigenvalue weighted by atomic mass is 16.5. The Labute approximate surface area is 127 Å². The highest BCUT2D eigenvalue weighted by Gasteiger charge is 2.22. The minimum atomic E-state index is -0.210. The maximum atomic E-state index is 12.3. The van der Waals surface area contributed by atoms with Crippen molar-refractivity contribution < 1.29 is 14.1 Å². The summed E-state index contributed by atoms with van der Waals surface area (Å²) in [6, 6.07) is 5.55. The Bertz CT molecular complexity index is 744. The second kappa shape index (κ2) is 5.29. The quantitative estimate of drug-likeness (QED) is 0.910. The molecule has 0 bridgehead atoms. The smallest absolute Gasteiger partial charge is 0.257 e. The van der Waals surface area contributed by atoms with Gasteiger partial charge in [-0.1, -0.05) is 17.3 Å². The summed E-state index contributed by atoms with van der Waals surface area (Å²) in [5.74, 6) is 0.295. The summed E-state index contributed by atoms with van der Waals surface area (Å²) < 4.78 is 5.02. The molecule has 0 radical (unpaired) electrons. The number of carbonyl (C=O) groups is 2. The molecule has 2 heterocycles. The van der Waals surface area contributed by atoms with E-state index in [-0.39, 0.29) is 17.9 Å². The van der Waals surface area contributed by atoms with Crippen LogP contribution in [0.4, 0.5) is 5.69 Å². The van der Waals surface area contributed by atoms with Crippen molar-refractivity contribution in [3.05, 3.63) is 46.3 Å². The van der Waals surface area contributed by atoms with Crippen LogP contribution in [0.3, 0.4) is 0 Å². The number of anilines is 1. The zero-order chi connectivity index (χ0) is 15.9. The van der Waals surface area contributed by atoms with Crippen molar-refractivity contribution in [2.24, 2.45) is 0 Å². The third-order valence-corrected chi connectivity index (χ3v) is 3.86. The lowest BCUT2D eigenvalue weighted by molar-refractivity contribution is -0.115. The molecule has 1 aliphatic rings.